The molecule has 2 aliphatic rings. The highest BCUT2D eigenvalue weighted by Crippen LogP contribution is 2.45. The van der Waals surface area contributed by atoms with E-state index in [9.17, 15) is 14.9 Å². The summed E-state index contributed by atoms with van der Waals surface area (Å²) in [5, 5.41) is 17.6. The van der Waals surface area contributed by atoms with E-state index in [1.54, 1.807) is 18.2 Å². The standard InChI is InChI=1S/C19H18N2O5/c1-10(22)25-14-7-6-11(8-16(14)24-2)17-12(9-20)19(21)26-15-5-3-4-13(23)18(15)17/h6-8,12,17,21H,3-5H2,1-2H3. The number of hydrogen-bond acceptors (Lipinski definition) is 7. The molecule has 1 heterocycles. The number of nitrogens with one attached hydrogen (secondary N) is 1. The number of ether oxygens (including phenoxy) is 3. The zero-order valence-electron chi connectivity index (χ0n) is 14.5. The molecule has 1 N–H and O–H groups in total. The molecular formula is C19H18N2O5. The molecule has 0 bridgehead atoms. The van der Waals surface area contributed by atoms with Crippen LogP contribution in [0.25, 0.3) is 0 Å². The minimum absolute atomic E-state index is 0.0629. The van der Waals surface area contributed by atoms with Crippen molar-refractivity contribution in [2.75, 3.05) is 7.11 Å². The lowest BCUT2D eigenvalue weighted by molar-refractivity contribution is -0.132. The average Bonchev–Trinajstić information content (AvgIpc) is 2.60. The van der Waals surface area contributed by atoms with Crippen LogP contribution < -0.4 is 9.47 Å². The second kappa shape index (κ2) is 7.00. The minimum atomic E-state index is -0.903. The van der Waals surface area contributed by atoms with Crippen molar-refractivity contribution < 1.29 is 23.8 Å². The van der Waals surface area contributed by atoms with Crippen LogP contribution in [0.15, 0.2) is 29.5 Å². The van der Waals surface area contributed by atoms with Gasteiger partial charge in [0.1, 0.15) is 11.7 Å². The first kappa shape index (κ1) is 17.7. The molecule has 0 saturated heterocycles. The maximum absolute atomic E-state index is 12.5. The summed E-state index contributed by atoms with van der Waals surface area (Å²) in [5.74, 6) is -1.16. The second-order valence-electron chi connectivity index (χ2n) is 6.17. The lowest BCUT2D eigenvalue weighted by Gasteiger charge is -2.34. The lowest BCUT2D eigenvalue weighted by Crippen LogP contribution is -2.34. The van der Waals surface area contributed by atoms with Crippen LogP contribution in [0.1, 0.15) is 37.7 Å². The molecule has 2 unspecified atom stereocenters. The Labute approximate surface area is 150 Å². The summed E-state index contributed by atoms with van der Waals surface area (Å²) in [4.78, 5) is 23.8. The number of methoxy groups -OCH3 is 1. The largest absolute Gasteiger partial charge is 0.493 e. The monoisotopic (exact) mass is 354 g/mol. The van der Waals surface area contributed by atoms with Gasteiger partial charge >= 0.3 is 5.97 Å². The summed E-state index contributed by atoms with van der Waals surface area (Å²) in [6.45, 7) is 1.29. The van der Waals surface area contributed by atoms with Crippen molar-refractivity contribution in [1.82, 2.24) is 0 Å². The molecule has 3 rings (SSSR count). The Hall–Kier alpha value is -3.14. The summed E-state index contributed by atoms with van der Waals surface area (Å²) in [7, 11) is 1.44. The van der Waals surface area contributed by atoms with Crippen molar-refractivity contribution in [3.63, 3.8) is 0 Å². The minimum Gasteiger partial charge on any atom is -0.493 e. The number of rotatable bonds is 3. The molecule has 0 radical (unpaired) electrons. The highest BCUT2D eigenvalue weighted by atomic mass is 16.6. The van der Waals surface area contributed by atoms with Crippen molar-refractivity contribution in [1.29, 1.82) is 10.7 Å². The molecule has 7 heteroatoms. The van der Waals surface area contributed by atoms with Crippen LogP contribution in [0.3, 0.4) is 0 Å². The summed E-state index contributed by atoms with van der Waals surface area (Å²) < 4.78 is 15.9. The lowest BCUT2D eigenvalue weighted by atomic mass is 9.74. The van der Waals surface area contributed by atoms with E-state index < -0.39 is 17.8 Å². The van der Waals surface area contributed by atoms with Gasteiger partial charge in [-0.2, -0.15) is 5.26 Å². The van der Waals surface area contributed by atoms with Gasteiger partial charge in [0.15, 0.2) is 17.3 Å². The first-order chi connectivity index (χ1) is 12.5. The number of nitrogens with zero attached hydrogens (tertiary/aromatic N) is 1. The van der Waals surface area contributed by atoms with E-state index in [1.807, 2.05) is 0 Å². The van der Waals surface area contributed by atoms with Gasteiger partial charge in [0.05, 0.1) is 13.2 Å². The molecule has 26 heavy (non-hydrogen) atoms. The Balaban J connectivity index is 2.12. The van der Waals surface area contributed by atoms with Gasteiger partial charge in [0.2, 0.25) is 5.90 Å². The quantitative estimate of drug-likeness (QED) is 0.660. The first-order valence-electron chi connectivity index (χ1n) is 8.24. The molecular weight excluding hydrogens is 336 g/mol. The zero-order chi connectivity index (χ0) is 18.8. The number of esters is 1. The Kier molecular flexibility index (Phi) is 4.76. The van der Waals surface area contributed by atoms with Crippen molar-refractivity contribution >= 4 is 17.7 Å². The van der Waals surface area contributed by atoms with E-state index >= 15 is 0 Å². The topological polar surface area (TPSA) is 109 Å². The van der Waals surface area contributed by atoms with Crippen LogP contribution in [0.4, 0.5) is 0 Å². The highest BCUT2D eigenvalue weighted by Gasteiger charge is 2.42. The molecule has 134 valence electrons. The smallest absolute Gasteiger partial charge is 0.308 e. The van der Waals surface area contributed by atoms with E-state index in [0.717, 1.165) is 0 Å². The maximum Gasteiger partial charge on any atom is 0.308 e. The third kappa shape index (κ3) is 3.06. The van der Waals surface area contributed by atoms with E-state index in [-0.39, 0.29) is 17.4 Å². The summed E-state index contributed by atoms with van der Waals surface area (Å²) in [6.07, 6.45) is 1.64. The number of carbonyl (C=O) groups is 2. The normalized spacial score (nSPS) is 22.2. The van der Waals surface area contributed by atoms with Crippen LogP contribution in [-0.2, 0) is 14.3 Å². The van der Waals surface area contributed by atoms with E-state index in [2.05, 4.69) is 6.07 Å². The fraction of sp³-hybridized carbons (Fsp3) is 0.368. The van der Waals surface area contributed by atoms with Crippen LogP contribution >= 0.6 is 0 Å². The van der Waals surface area contributed by atoms with Crippen molar-refractivity contribution in [2.45, 2.75) is 32.1 Å². The van der Waals surface area contributed by atoms with Crippen molar-refractivity contribution in [2.24, 2.45) is 5.92 Å². The fourth-order valence-electron chi connectivity index (χ4n) is 3.41. The summed E-state index contributed by atoms with van der Waals surface area (Å²) >= 11 is 0. The molecule has 0 fully saturated rings. The van der Waals surface area contributed by atoms with E-state index in [1.165, 1.54) is 14.0 Å². The Bertz CT molecular complexity index is 865. The van der Waals surface area contributed by atoms with Crippen LogP contribution in [0.5, 0.6) is 11.5 Å². The van der Waals surface area contributed by atoms with E-state index in [4.69, 9.17) is 19.6 Å². The number of ketones is 1. The average molecular weight is 354 g/mol. The number of hydrogen-bond donors (Lipinski definition) is 1. The predicted octanol–water partition coefficient (Wildman–Crippen LogP) is 2.86. The molecule has 1 aromatic carbocycles. The second-order valence-corrected chi connectivity index (χ2v) is 6.17. The van der Waals surface area contributed by atoms with Gasteiger partial charge < -0.3 is 14.2 Å². The highest BCUT2D eigenvalue weighted by molar-refractivity contribution is 6.01. The Morgan fingerprint density at radius 3 is 2.77 bits per heavy atom. The third-order valence-electron chi connectivity index (χ3n) is 4.51. The number of benzene rings is 1. The number of allylic oxidation sites excluding steroid dienone is 2. The van der Waals surface area contributed by atoms with Crippen LogP contribution in [-0.4, -0.2) is 24.8 Å². The van der Waals surface area contributed by atoms with Crippen molar-refractivity contribution in [3.05, 3.63) is 35.1 Å². The molecule has 2 atom stereocenters. The molecule has 1 aromatic rings. The summed E-state index contributed by atoms with van der Waals surface area (Å²) in [5.41, 5.74) is 1.10. The summed E-state index contributed by atoms with van der Waals surface area (Å²) in [6, 6.07) is 6.96. The first-order valence-corrected chi connectivity index (χ1v) is 8.24. The molecule has 7 nitrogen and oxygen atoms in total. The third-order valence-corrected chi connectivity index (χ3v) is 4.51. The fourth-order valence-corrected chi connectivity index (χ4v) is 3.41. The van der Waals surface area contributed by atoms with E-state index in [0.29, 0.717) is 41.9 Å². The molecule has 0 spiro atoms. The molecule has 1 aliphatic heterocycles. The van der Waals surface area contributed by atoms with Gasteiger partial charge in [-0.05, 0) is 24.1 Å². The maximum atomic E-state index is 12.5. The van der Waals surface area contributed by atoms with Crippen LogP contribution in [0, 0.1) is 22.7 Å². The Morgan fingerprint density at radius 2 is 2.12 bits per heavy atom. The van der Waals surface area contributed by atoms with Gasteiger partial charge in [0, 0.05) is 31.3 Å². The Morgan fingerprint density at radius 1 is 1.35 bits per heavy atom. The van der Waals surface area contributed by atoms with Gasteiger partial charge in [0.25, 0.3) is 0 Å². The molecule has 0 saturated carbocycles. The SMILES string of the molecule is COc1cc(C2C3=C(CCCC3=O)OC(=N)C2C#N)ccc1OC(C)=O. The molecule has 0 amide bonds. The molecule has 0 aromatic heterocycles. The van der Waals surface area contributed by atoms with Gasteiger partial charge in [-0.1, -0.05) is 6.07 Å². The number of carbonyl (C=O) groups excluding carboxylic acids is 2. The predicted molar refractivity (Wildman–Crippen MR) is 90.8 cm³/mol. The van der Waals surface area contributed by atoms with Gasteiger partial charge in [-0.3, -0.25) is 15.0 Å². The number of nitriles is 1. The van der Waals surface area contributed by atoms with Gasteiger partial charge in [-0.15, -0.1) is 0 Å². The van der Waals surface area contributed by atoms with Crippen LogP contribution in [0.2, 0.25) is 0 Å². The zero-order valence-corrected chi connectivity index (χ0v) is 14.5. The molecule has 1 aliphatic carbocycles. The van der Waals surface area contributed by atoms with Crippen molar-refractivity contribution in [3.8, 4) is 17.6 Å². The number of Topliss-reactive ketones (excluding diaryl/α,β-unsaturated/α-hetero) is 1. The van der Waals surface area contributed by atoms with Gasteiger partial charge in [-0.25, -0.2) is 0 Å².